The Labute approximate surface area is 200 Å². The fraction of sp³-hybridized carbons (Fsp3) is 0.440. The number of piperidine rings is 1. The van der Waals surface area contributed by atoms with Crippen molar-refractivity contribution in [2.75, 3.05) is 38.2 Å². The summed E-state index contributed by atoms with van der Waals surface area (Å²) < 4.78 is 32.9. The van der Waals surface area contributed by atoms with Crippen LogP contribution < -0.4 is 5.32 Å². The molecular weight excluding hydrogens is 454 g/mol. The molecule has 0 bridgehead atoms. The molecule has 1 unspecified atom stereocenters. The molecule has 9 heteroatoms. The molecule has 0 aliphatic carbocycles. The summed E-state index contributed by atoms with van der Waals surface area (Å²) in [6.45, 7) is 6.37. The van der Waals surface area contributed by atoms with Crippen molar-refractivity contribution in [3.8, 4) is 0 Å². The monoisotopic (exact) mass is 485 g/mol. The second-order valence-electron chi connectivity index (χ2n) is 8.82. The molecule has 1 N–H and O–H groups in total. The van der Waals surface area contributed by atoms with Gasteiger partial charge in [0.15, 0.2) is 0 Å². The van der Waals surface area contributed by atoms with Crippen LogP contribution >= 0.6 is 0 Å². The minimum atomic E-state index is -3.59. The topological polar surface area (TPSA) is 96.0 Å². The number of carbonyl (C=O) groups is 2. The van der Waals surface area contributed by atoms with Gasteiger partial charge in [0.2, 0.25) is 10.0 Å². The van der Waals surface area contributed by atoms with Gasteiger partial charge >= 0.3 is 0 Å². The van der Waals surface area contributed by atoms with Gasteiger partial charge in [-0.05, 0) is 68.7 Å². The Morgan fingerprint density at radius 2 is 1.71 bits per heavy atom. The molecule has 0 radical (unpaired) electrons. The fourth-order valence-electron chi connectivity index (χ4n) is 4.48. The van der Waals surface area contributed by atoms with E-state index in [0.717, 1.165) is 19.3 Å². The molecule has 2 saturated heterocycles. The van der Waals surface area contributed by atoms with Gasteiger partial charge in [0.25, 0.3) is 11.8 Å². The molecule has 4 rings (SSSR count). The van der Waals surface area contributed by atoms with Gasteiger partial charge in [-0.25, -0.2) is 8.42 Å². The molecule has 8 nitrogen and oxygen atoms in total. The highest BCUT2D eigenvalue weighted by Gasteiger charge is 2.31. The summed E-state index contributed by atoms with van der Waals surface area (Å²) in [4.78, 5) is 27.7. The minimum Gasteiger partial charge on any atom is -0.378 e. The SMILES string of the molecule is Cc1c(NC(=O)c2ccc(S(=O)(=O)N3CCCCC3C)cc2)cccc1C(=O)N1CCOCC1. The first-order valence-electron chi connectivity index (χ1n) is 11.7. The first-order valence-corrected chi connectivity index (χ1v) is 13.1. The molecule has 2 amide bonds. The largest absolute Gasteiger partial charge is 0.378 e. The smallest absolute Gasteiger partial charge is 0.255 e. The van der Waals surface area contributed by atoms with E-state index >= 15 is 0 Å². The summed E-state index contributed by atoms with van der Waals surface area (Å²) in [5.41, 5.74) is 2.11. The van der Waals surface area contributed by atoms with Crippen LogP contribution in [0.3, 0.4) is 0 Å². The van der Waals surface area contributed by atoms with Crippen LogP contribution in [0.15, 0.2) is 47.4 Å². The number of rotatable bonds is 5. The van der Waals surface area contributed by atoms with Crippen molar-refractivity contribution in [1.29, 1.82) is 0 Å². The first-order chi connectivity index (χ1) is 16.3. The molecular formula is C25H31N3O5S. The summed E-state index contributed by atoms with van der Waals surface area (Å²) >= 11 is 0. The third-order valence-corrected chi connectivity index (χ3v) is 8.60. The van der Waals surface area contributed by atoms with Gasteiger partial charge in [-0.1, -0.05) is 12.5 Å². The number of carbonyl (C=O) groups excluding carboxylic acids is 2. The van der Waals surface area contributed by atoms with Gasteiger partial charge in [-0.3, -0.25) is 9.59 Å². The zero-order valence-electron chi connectivity index (χ0n) is 19.6. The standard InChI is InChI=1S/C25H31N3O5S/c1-18-6-3-4-13-28(18)34(31,32)21-11-9-20(10-12-21)24(29)26-23-8-5-7-22(19(23)2)25(30)27-14-16-33-17-15-27/h5,7-12,18H,3-4,6,13-17H2,1-2H3,(H,26,29). The highest BCUT2D eigenvalue weighted by molar-refractivity contribution is 7.89. The van der Waals surface area contributed by atoms with Crippen LogP contribution in [0.25, 0.3) is 0 Å². The van der Waals surface area contributed by atoms with Crippen LogP contribution in [0.2, 0.25) is 0 Å². The van der Waals surface area contributed by atoms with E-state index in [1.165, 1.54) is 24.3 Å². The molecule has 2 fully saturated rings. The van der Waals surface area contributed by atoms with Gasteiger partial charge in [0, 0.05) is 42.5 Å². The van der Waals surface area contributed by atoms with Gasteiger partial charge in [-0.2, -0.15) is 4.31 Å². The Bertz CT molecular complexity index is 1160. The van der Waals surface area contributed by atoms with E-state index in [1.807, 2.05) is 6.92 Å². The molecule has 2 aliphatic heterocycles. The Balaban J connectivity index is 1.48. The highest BCUT2D eigenvalue weighted by atomic mass is 32.2. The molecule has 182 valence electrons. The molecule has 2 heterocycles. The Morgan fingerprint density at radius 1 is 1.00 bits per heavy atom. The molecule has 2 aliphatic rings. The normalized spacial score (nSPS) is 19.6. The second kappa shape index (κ2) is 10.2. The van der Waals surface area contributed by atoms with Crippen LogP contribution in [0, 0.1) is 6.92 Å². The van der Waals surface area contributed by atoms with Crippen LogP contribution in [0.1, 0.15) is 52.5 Å². The third kappa shape index (κ3) is 5.01. The summed E-state index contributed by atoms with van der Waals surface area (Å²) in [6.07, 6.45) is 2.74. The zero-order valence-corrected chi connectivity index (χ0v) is 20.4. The second-order valence-corrected chi connectivity index (χ2v) is 10.7. The molecule has 1 atom stereocenters. The van der Waals surface area contributed by atoms with E-state index in [4.69, 9.17) is 4.74 Å². The average Bonchev–Trinajstić information content (AvgIpc) is 2.85. The molecule has 34 heavy (non-hydrogen) atoms. The van der Waals surface area contributed by atoms with Crippen molar-refractivity contribution >= 4 is 27.5 Å². The molecule has 2 aromatic carbocycles. The average molecular weight is 486 g/mol. The molecule has 2 aromatic rings. The van der Waals surface area contributed by atoms with E-state index < -0.39 is 10.0 Å². The lowest BCUT2D eigenvalue weighted by Gasteiger charge is -2.32. The lowest BCUT2D eigenvalue weighted by atomic mass is 10.0. The predicted molar refractivity (Wildman–Crippen MR) is 130 cm³/mol. The van der Waals surface area contributed by atoms with Crippen LogP contribution in [-0.2, 0) is 14.8 Å². The van der Waals surface area contributed by atoms with Crippen molar-refractivity contribution in [2.24, 2.45) is 0 Å². The lowest BCUT2D eigenvalue weighted by Crippen LogP contribution is -2.41. The molecule has 0 spiro atoms. The summed E-state index contributed by atoms with van der Waals surface area (Å²) in [6, 6.07) is 11.2. The van der Waals surface area contributed by atoms with E-state index in [-0.39, 0.29) is 22.8 Å². The van der Waals surface area contributed by atoms with Gasteiger partial charge in [0.1, 0.15) is 0 Å². The summed E-state index contributed by atoms with van der Waals surface area (Å²) in [5, 5.41) is 2.86. The fourth-order valence-corrected chi connectivity index (χ4v) is 6.18. The highest BCUT2D eigenvalue weighted by Crippen LogP contribution is 2.26. The number of ether oxygens (including phenoxy) is 1. The number of hydrogen-bond acceptors (Lipinski definition) is 5. The van der Waals surface area contributed by atoms with Gasteiger partial charge in [-0.15, -0.1) is 0 Å². The number of sulfonamides is 1. The van der Waals surface area contributed by atoms with Crippen molar-refractivity contribution in [1.82, 2.24) is 9.21 Å². The van der Waals surface area contributed by atoms with Crippen molar-refractivity contribution < 1.29 is 22.7 Å². The summed E-state index contributed by atoms with van der Waals surface area (Å²) in [7, 11) is -3.59. The Kier molecular flexibility index (Phi) is 7.35. The number of anilines is 1. The summed E-state index contributed by atoms with van der Waals surface area (Å²) in [5.74, 6) is -0.451. The Morgan fingerprint density at radius 3 is 2.38 bits per heavy atom. The maximum atomic E-state index is 13.0. The lowest BCUT2D eigenvalue weighted by molar-refractivity contribution is 0.0302. The van der Waals surface area contributed by atoms with Crippen LogP contribution in [0.5, 0.6) is 0 Å². The number of amides is 2. The van der Waals surface area contributed by atoms with E-state index in [2.05, 4.69) is 5.32 Å². The van der Waals surface area contributed by atoms with Crippen LogP contribution in [0.4, 0.5) is 5.69 Å². The quantitative estimate of drug-likeness (QED) is 0.701. The van der Waals surface area contributed by atoms with Gasteiger partial charge < -0.3 is 15.0 Å². The number of hydrogen-bond donors (Lipinski definition) is 1. The van der Waals surface area contributed by atoms with E-state index in [1.54, 1.807) is 34.3 Å². The molecule has 0 aromatic heterocycles. The van der Waals surface area contributed by atoms with Crippen molar-refractivity contribution in [3.63, 3.8) is 0 Å². The van der Waals surface area contributed by atoms with Crippen LogP contribution in [-0.4, -0.2) is 68.3 Å². The number of nitrogens with one attached hydrogen (secondary N) is 1. The van der Waals surface area contributed by atoms with E-state index in [0.29, 0.717) is 55.2 Å². The number of morpholine rings is 1. The first kappa shape index (κ1) is 24.4. The zero-order chi connectivity index (χ0) is 24.3. The number of benzene rings is 2. The molecule has 0 saturated carbocycles. The van der Waals surface area contributed by atoms with Crippen molar-refractivity contribution in [2.45, 2.75) is 44.0 Å². The minimum absolute atomic E-state index is 0.0304. The number of nitrogens with zero attached hydrogens (tertiary/aromatic N) is 2. The predicted octanol–water partition coefficient (Wildman–Crippen LogP) is 3.28. The maximum absolute atomic E-state index is 13.0. The maximum Gasteiger partial charge on any atom is 0.255 e. The van der Waals surface area contributed by atoms with Crippen molar-refractivity contribution in [3.05, 3.63) is 59.2 Å². The van der Waals surface area contributed by atoms with E-state index in [9.17, 15) is 18.0 Å². The van der Waals surface area contributed by atoms with Gasteiger partial charge in [0.05, 0.1) is 18.1 Å². The Hall–Kier alpha value is -2.75. The third-order valence-electron chi connectivity index (χ3n) is 6.58.